The van der Waals surface area contributed by atoms with Gasteiger partial charge < -0.3 is 5.73 Å². The molecule has 2 heterocycles. The van der Waals surface area contributed by atoms with E-state index in [4.69, 9.17) is 5.73 Å². The summed E-state index contributed by atoms with van der Waals surface area (Å²) >= 11 is 0. The predicted octanol–water partition coefficient (Wildman–Crippen LogP) is 1.17. The van der Waals surface area contributed by atoms with Crippen LogP contribution in [0.1, 0.15) is 22.9 Å². The van der Waals surface area contributed by atoms with Gasteiger partial charge in [-0.3, -0.25) is 9.67 Å². The Hall–Kier alpha value is -1.68. The fraction of sp³-hybridized carbons (Fsp3) is 0.273. The van der Waals surface area contributed by atoms with E-state index >= 15 is 0 Å². The molecule has 2 N–H and O–H groups in total. The largest absolute Gasteiger partial charge is 0.319 e. The third kappa shape index (κ3) is 1.89. The molecule has 4 heteroatoms. The highest BCUT2D eigenvalue weighted by atomic mass is 15.3. The van der Waals surface area contributed by atoms with Crippen LogP contribution in [0.15, 0.2) is 30.7 Å². The molecule has 0 aliphatic heterocycles. The minimum atomic E-state index is -0.195. The predicted molar refractivity (Wildman–Crippen MR) is 58.2 cm³/mol. The second-order valence-electron chi connectivity index (χ2n) is 3.62. The fourth-order valence-electron chi connectivity index (χ4n) is 1.56. The van der Waals surface area contributed by atoms with Gasteiger partial charge in [0.2, 0.25) is 0 Å². The molecule has 0 amide bonds. The second-order valence-corrected chi connectivity index (χ2v) is 3.62. The molecular weight excluding hydrogens is 188 g/mol. The molecule has 2 rings (SSSR count). The summed E-state index contributed by atoms with van der Waals surface area (Å²) in [6.45, 7) is 2.03. The number of aromatic nitrogens is 3. The molecule has 78 valence electrons. The fourth-order valence-corrected chi connectivity index (χ4v) is 1.56. The lowest BCUT2D eigenvalue weighted by Crippen LogP contribution is -2.14. The van der Waals surface area contributed by atoms with Crippen molar-refractivity contribution in [2.24, 2.45) is 12.8 Å². The van der Waals surface area contributed by atoms with Crippen molar-refractivity contribution in [3.8, 4) is 0 Å². The molecule has 0 aliphatic carbocycles. The molecular formula is C11H14N4. The van der Waals surface area contributed by atoms with E-state index in [-0.39, 0.29) is 6.04 Å². The molecule has 0 spiro atoms. The van der Waals surface area contributed by atoms with Gasteiger partial charge in [-0.1, -0.05) is 0 Å². The summed E-state index contributed by atoms with van der Waals surface area (Å²) in [6.07, 6.45) is 5.46. The Labute approximate surface area is 88.8 Å². The third-order valence-corrected chi connectivity index (χ3v) is 2.47. The molecule has 2 aromatic heterocycles. The van der Waals surface area contributed by atoms with E-state index in [1.807, 2.05) is 32.3 Å². The molecule has 2 aromatic rings. The van der Waals surface area contributed by atoms with Crippen LogP contribution >= 0.6 is 0 Å². The van der Waals surface area contributed by atoms with Crippen LogP contribution in [-0.4, -0.2) is 14.8 Å². The van der Waals surface area contributed by atoms with Crippen LogP contribution in [0.3, 0.4) is 0 Å². The Morgan fingerprint density at radius 2 is 2.20 bits per heavy atom. The van der Waals surface area contributed by atoms with Crippen LogP contribution in [0.25, 0.3) is 0 Å². The van der Waals surface area contributed by atoms with Crippen molar-refractivity contribution >= 4 is 0 Å². The summed E-state index contributed by atoms with van der Waals surface area (Å²) in [4.78, 5) is 4.08. The van der Waals surface area contributed by atoms with Crippen LogP contribution in [-0.2, 0) is 7.05 Å². The first kappa shape index (κ1) is 9.86. The molecule has 1 unspecified atom stereocenters. The van der Waals surface area contributed by atoms with Crippen molar-refractivity contribution in [2.75, 3.05) is 0 Å². The van der Waals surface area contributed by atoms with Gasteiger partial charge in [-0.05, 0) is 30.2 Å². The Balaban J connectivity index is 2.36. The van der Waals surface area contributed by atoms with Gasteiger partial charge in [0.05, 0.1) is 11.7 Å². The first-order chi connectivity index (χ1) is 7.18. The maximum absolute atomic E-state index is 6.11. The first-order valence-corrected chi connectivity index (χ1v) is 4.84. The number of nitrogens with zero attached hydrogens (tertiary/aromatic N) is 3. The van der Waals surface area contributed by atoms with Crippen LogP contribution < -0.4 is 5.73 Å². The minimum Gasteiger partial charge on any atom is -0.319 e. The van der Waals surface area contributed by atoms with E-state index in [1.165, 1.54) is 0 Å². The zero-order chi connectivity index (χ0) is 10.8. The molecule has 0 aromatic carbocycles. The smallest absolute Gasteiger partial charge is 0.0837 e. The monoisotopic (exact) mass is 202 g/mol. The van der Waals surface area contributed by atoms with E-state index < -0.39 is 0 Å². The normalized spacial score (nSPS) is 12.7. The summed E-state index contributed by atoms with van der Waals surface area (Å²) in [6, 6.07) is 3.69. The molecule has 15 heavy (non-hydrogen) atoms. The van der Waals surface area contributed by atoms with E-state index in [9.17, 15) is 0 Å². The van der Waals surface area contributed by atoms with Crippen molar-refractivity contribution in [3.05, 3.63) is 47.5 Å². The molecule has 0 bridgehead atoms. The number of aryl methyl sites for hydroxylation is 2. The van der Waals surface area contributed by atoms with E-state index in [2.05, 4.69) is 10.1 Å². The van der Waals surface area contributed by atoms with Gasteiger partial charge in [0.1, 0.15) is 0 Å². The van der Waals surface area contributed by atoms with Crippen molar-refractivity contribution in [3.63, 3.8) is 0 Å². The van der Waals surface area contributed by atoms with E-state index in [0.717, 1.165) is 16.8 Å². The van der Waals surface area contributed by atoms with Crippen LogP contribution in [0.4, 0.5) is 0 Å². The topological polar surface area (TPSA) is 56.7 Å². The first-order valence-electron chi connectivity index (χ1n) is 4.84. The summed E-state index contributed by atoms with van der Waals surface area (Å²) in [5.41, 5.74) is 9.15. The van der Waals surface area contributed by atoms with Gasteiger partial charge >= 0.3 is 0 Å². The quantitative estimate of drug-likeness (QED) is 0.795. The van der Waals surface area contributed by atoms with Crippen molar-refractivity contribution in [1.29, 1.82) is 0 Å². The van der Waals surface area contributed by atoms with Crippen molar-refractivity contribution in [2.45, 2.75) is 13.0 Å². The molecule has 4 nitrogen and oxygen atoms in total. The minimum absolute atomic E-state index is 0.195. The Bertz CT molecular complexity index is 461. The lowest BCUT2D eigenvalue weighted by atomic mass is 10.0. The highest BCUT2D eigenvalue weighted by molar-refractivity contribution is 5.30. The lowest BCUT2D eigenvalue weighted by Gasteiger charge is -2.11. The maximum atomic E-state index is 6.11. The average Bonchev–Trinajstić information content (AvgIpc) is 2.65. The molecule has 0 aliphatic rings. The van der Waals surface area contributed by atoms with Crippen molar-refractivity contribution < 1.29 is 0 Å². The van der Waals surface area contributed by atoms with Gasteiger partial charge in [-0.15, -0.1) is 0 Å². The SMILES string of the molecule is Cc1ccncc1C(N)c1ccn(C)n1. The Kier molecular flexibility index (Phi) is 2.51. The van der Waals surface area contributed by atoms with Gasteiger partial charge in [-0.25, -0.2) is 0 Å². The number of hydrogen-bond donors (Lipinski definition) is 1. The number of pyridine rings is 1. The van der Waals surface area contributed by atoms with Crippen molar-refractivity contribution in [1.82, 2.24) is 14.8 Å². The summed E-state index contributed by atoms with van der Waals surface area (Å²) in [5.74, 6) is 0. The average molecular weight is 202 g/mol. The van der Waals surface area contributed by atoms with Crippen LogP contribution in [0.2, 0.25) is 0 Å². The molecule has 0 saturated carbocycles. The molecule has 0 radical (unpaired) electrons. The zero-order valence-corrected chi connectivity index (χ0v) is 8.88. The summed E-state index contributed by atoms with van der Waals surface area (Å²) in [7, 11) is 1.88. The third-order valence-electron chi connectivity index (χ3n) is 2.47. The molecule has 0 fully saturated rings. The number of rotatable bonds is 2. The molecule has 1 atom stereocenters. The highest BCUT2D eigenvalue weighted by Gasteiger charge is 2.13. The Morgan fingerprint density at radius 3 is 2.80 bits per heavy atom. The van der Waals surface area contributed by atoms with Gasteiger partial charge in [0, 0.05) is 25.6 Å². The van der Waals surface area contributed by atoms with Gasteiger partial charge in [0.15, 0.2) is 0 Å². The van der Waals surface area contributed by atoms with Gasteiger partial charge in [-0.2, -0.15) is 5.10 Å². The number of hydrogen-bond acceptors (Lipinski definition) is 3. The lowest BCUT2D eigenvalue weighted by molar-refractivity contribution is 0.713. The van der Waals surface area contributed by atoms with Crippen LogP contribution in [0.5, 0.6) is 0 Å². The Morgan fingerprint density at radius 1 is 1.40 bits per heavy atom. The van der Waals surface area contributed by atoms with Gasteiger partial charge in [0.25, 0.3) is 0 Å². The van der Waals surface area contributed by atoms with E-state index in [0.29, 0.717) is 0 Å². The highest BCUT2D eigenvalue weighted by Crippen LogP contribution is 2.19. The molecule has 0 saturated heterocycles. The zero-order valence-electron chi connectivity index (χ0n) is 8.88. The maximum Gasteiger partial charge on any atom is 0.0837 e. The number of nitrogens with two attached hydrogens (primary N) is 1. The summed E-state index contributed by atoms with van der Waals surface area (Å²) in [5, 5.41) is 4.29. The van der Waals surface area contributed by atoms with Crippen LogP contribution in [0, 0.1) is 6.92 Å². The van der Waals surface area contributed by atoms with E-state index in [1.54, 1.807) is 17.1 Å². The summed E-state index contributed by atoms with van der Waals surface area (Å²) < 4.78 is 1.75. The standard InChI is InChI=1S/C11H14N4/c1-8-3-5-13-7-9(8)11(12)10-4-6-15(2)14-10/h3-7,11H,12H2,1-2H3. The second kappa shape index (κ2) is 3.82.